The fraction of sp³-hybridized carbons (Fsp3) is 0.333. The van der Waals surface area contributed by atoms with E-state index in [1.165, 1.54) is 0 Å². The smallest absolute Gasteiger partial charge is 0.305 e. The van der Waals surface area contributed by atoms with Crippen LogP contribution in [0.15, 0.2) is 24.5 Å². The minimum atomic E-state index is -0.854. The Labute approximate surface area is 104 Å². The zero-order valence-electron chi connectivity index (χ0n) is 10.2. The zero-order valence-corrected chi connectivity index (χ0v) is 10.2. The van der Waals surface area contributed by atoms with Crippen LogP contribution in [-0.2, 0) is 4.79 Å². The lowest BCUT2D eigenvalue weighted by Gasteiger charge is -2.24. The first-order valence-corrected chi connectivity index (χ1v) is 5.54. The quantitative estimate of drug-likeness (QED) is 0.853. The number of carbonyl (C=O) groups is 1. The van der Waals surface area contributed by atoms with Gasteiger partial charge in [0.2, 0.25) is 0 Å². The lowest BCUT2D eigenvalue weighted by molar-refractivity contribution is -0.137. The van der Waals surface area contributed by atoms with Crippen molar-refractivity contribution in [1.82, 2.24) is 15.0 Å². The average Bonchev–Trinajstić information content (AvgIpc) is 2.26. The number of pyridine rings is 1. The van der Waals surface area contributed by atoms with Crippen molar-refractivity contribution < 1.29 is 9.90 Å². The number of aromatic nitrogens is 3. The van der Waals surface area contributed by atoms with E-state index in [0.29, 0.717) is 17.0 Å². The number of aliphatic carboxylic acids is 1. The third kappa shape index (κ3) is 2.91. The maximum Gasteiger partial charge on any atom is 0.305 e. The highest BCUT2D eigenvalue weighted by atomic mass is 16.4. The number of anilines is 1. The van der Waals surface area contributed by atoms with Crippen LogP contribution in [0.5, 0.6) is 0 Å². The maximum atomic E-state index is 10.7. The molecule has 0 radical (unpaired) electrons. The van der Waals surface area contributed by atoms with Gasteiger partial charge in [-0.05, 0) is 26.0 Å². The molecule has 0 unspecified atom stereocenters. The van der Waals surface area contributed by atoms with Gasteiger partial charge in [0.15, 0.2) is 5.65 Å². The molecule has 0 atom stereocenters. The van der Waals surface area contributed by atoms with Gasteiger partial charge in [0, 0.05) is 17.9 Å². The topological polar surface area (TPSA) is 88.0 Å². The Balaban J connectivity index is 2.24. The van der Waals surface area contributed by atoms with E-state index in [-0.39, 0.29) is 6.42 Å². The summed E-state index contributed by atoms with van der Waals surface area (Å²) in [5, 5.41) is 11.9. The number of hydrogen-bond donors (Lipinski definition) is 2. The van der Waals surface area contributed by atoms with E-state index in [9.17, 15) is 4.79 Å². The van der Waals surface area contributed by atoms with E-state index in [1.54, 1.807) is 24.5 Å². The molecule has 6 nitrogen and oxygen atoms in total. The Morgan fingerprint density at radius 2 is 2.06 bits per heavy atom. The fourth-order valence-corrected chi connectivity index (χ4v) is 1.69. The minimum absolute atomic E-state index is 0.00713. The lowest BCUT2D eigenvalue weighted by atomic mass is 10.0. The van der Waals surface area contributed by atoms with Gasteiger partial charge in [-0.2, -0.15) is 0 Å². The molecule has 2 aromatic heterocycles. The molecule has 0 aliphatic carbocycles. The van der Waals surface area contributed by atoms with Crippen LogP contribution in [0.3, 0.4) is 0 Å². The van der Waals surface area contributed by atoms with E-state index in [4.69, 9.17) is 5.11 Å². The van der Waals surface area contributed by atoms with Crippen LogP contribution < -0.4 is 5.32 Å². The van der Waals surface area contributed by atoms with Crippen molar-refractivity contribution in [3.8, 4) is 0 Å². The molecule has 2 N–H and O–H groups in total. The number of rotatable bonds is 4. The third-order valence-electron chi connectivity index (χ3n) is 2.39. The van der Waals surface area contributed by atoms with Crippen molar-refractivity contribution in [2.45, 2.75) is 25.8 Å². The van der Waals surface area contributed by atoms with Crippen LogP contribution in [0.1, 0.15) is 20.3 Å². The molecule has 18 heavy (non-hydrogen) atoms. The van der Waals surface area contributed by atoms with Crippen LogP contribution >= 0.6 is 0 Å². The summed E-state index contributed by atoms with van der Waals surface area (Å²) in [6, 6.07) is 3.56. The first-order valence-electron chi connectivity index (χ1n) is 5.54. The van der Waals surface area contributed by atoms with Crippen LogP contribution in [-0.4, -0.2) is 31.6 Å². The predicted octanol–water partition coefficient (Wildman–Crippen LogP) is 1.69. The lowest BCUT2D eigenvalue weighted by Crippen LogP contribution is -2.34. The Hall–Kier alpha value is -2.24. The Bertz CT molecular complexity index is 583. The molecule has 2 heterocycles. The van der Waals surface area contributed by atoms with E-state index >= 15 is 0 Å². The fourth-order valence-electron chi connectivity index (χ4n) is 1.69. The highest BCUT2D eigenvalue weighted by Crippen LogP contribution is 2.18. The summed E-state index contributed by atoms with van der Waals surface area (Å²) < 4.78 is 0. The van der Waals surface area contributed by atoms with E-state index in [1.807, 2.05) is 13.8 Å². The molecule has 94 valence electrons. The highest BCUT2D eigenvalue weighted by molar-refractivity contribution is 5.72. The second-order valence-corrected chi connectivity index (χ2v) is 4.67. The Morgan fingerprint density at radius 1 is 1.33 bits per heavy atom. The summed E-state index contributed by atoms with van der Waals surface area (Å²) in [5.74, 6) is -0.262. The van der Waals surface area contributed by atoms with E-state index in [0.717, 1.165) is 0 Å². The molecule has 0 saturated carbocycles. The molecule has 2 aromatic rings. The largest absolute Gasteiger partial charge is 0.481 e. The number of fused-ring (bicyclic) bond motifs is 1. The Morgan fingerprint density at radius 3 is 2.78 bits per heavy atom. The number of hydrogen-bond acceptors (Lipinski definition) is 5. The van der Waals surface area contributed by atoms with Crippen molar-refractivity contribution in [3.63, 3.8) is 0 Å². The first kappa shape index (κ1) is 12.2. The highest BCUT2D eigenvalue weighted by Gasteiger charge is 2.21. The molecule has 0 saturated heterocycles. The van der Waals surface area contributed by atoms with Gasteiger partial charge in [-0.1, -0.05) is 0 Å². The van der Waals surface area contributed by atoms with Crippen LogP contribution in [0.2, 0.25) is 0 Å². The molecular formula is C12H14N4O2. The standard InChI is InChI=1S/C12H14N4O2/c1-12(2,7-10(17)18)16-9-4-3-8-11(15-9)14-6-5-13-8/h3-6H,7H2,1-2H3,(H,17,18)(H,14,15,16). The molecule has 6 heteroatoms. The second-order valence-electron chi connectivity index (χ2n) is 4.67. The monoisotopic (exact) mass is 246 g/mol. The van der Waals surface area contributed by atoms with Gasteiger partial charge in [-0.15, -0.1) is 0 Å². The number of nitrogens with zero attached hydrogens (tertiary/aromatic N) is 3. The minimum Gasteiger partial charge on any atom is -0.481 e. The maximum absolute atomic E-state index is 10.7. The Kier molecular flexibility index (Phi) is 3.10. The second kappa shape index (κ2) is 4.56. The normalized spacial score (nSPS) is 11.4. The van der Waals surface area contributed by atoms with Crippen LogP contribution in [0.4, 0.5) is 5.82 Å². The summed E-state index contributed by atoms with van der Waals surface area (Å²) in [4.78, 5) is 23.2. The SMILES string of the molecule is CC(C)(CC(=O)O)Nc1ccc2nccnc2n1. The summed E-state index contributed by atoms with van der Waals surface area (Å²) in [7, 11) is 0. The molecule has 0 spiro atoms. The van der Waals surface area contributed by atoms with Crippen LogP contribution in [0.25, 0.3) is 11.2 Å². The molecule has 0 fully saturated rings. The molecule has 0 aromatic carbocycles. The van der Waals surface area contributed by atoms with Crippen LogP contribution in [0, 0.1) is 0 Å². The summed E-state index contributed by atoms with van der Waals surface area (Å²) in [6.45, 7) is 3.62. The van der Waals surface area contributed by atoms with Gasteiger partial charge in [-0.25, -0.2) is 9.97 Å². The molecule has 0 aliphatic rings. The van der Waals surface area contributed by atoms with Gasteiger partial charge in [0.25, 0.3) is 0 Å². The van der Waals surface area contributed by atoms with E-state index < -0.39 is 11.5 Å². The predicted molar refractivity (Wildman–Crippen MR) is 67.3 cm³/mol. The third-order valence-corrected chi connectivity index (χ3v) is 2.39. The molecular weight excluding hydrogens is 232 g/mol. The van der Waals surface area contributed by atoms with E-state index in [2.05, 4.69) is 20.3 Å². The van der Waals surface area contributed by atoms with Crippen molar-refractivity contribution in [2.24, 2.45) is 0 Å². The number of nitrogens with one attached hydrogen (secondary N) is 1. The van der Waals surface area contributed by atoms with Crippen molar-refractivity contribution >= 4 is 23.0 Å². The first-order chi connectivity index (χ1) is 8.46. The van der Waals surface area contributed by atoms with Crippen molar-refractivity contribution in [3.05, 3.63) is 24.5 Å². The van der Waals surface area contributed by atoms with Gasteiger partial charge in [0.05, 0.1) is 6.42 Å². The van der Waals surface area contributed by atoms with Gasteiger partial charge in [0.1, 0.15) is 11.3 Å². The number of carboxylic acids is 1. The average molecular weight is 246 g/mol. The molecule has 0 aliphatic heterocycles. The molecule has 0 amide bonds. The molecule has 0 bridgehead atoms. The van der Waals surface area contributed by atoms with Gasteiger partial charge < -0.3 is 10.4 Å². The van der Waals surface area contributed by atoms with Gasteiger partial charge in [-0.3, -0.25) is 9.78 Å². The van der Waals surface area contributed by atoms with Crippen molar-refractivity contribution in [2.75, 3.05) is 5.32 Å². The summed E-state index contributed by atoms with van der Waals surface area (Å²) in [6.07, 6.45) is 3.18. The van der Waals surface area contributed by atoms with Crippen molar-refractivity contribution in [1.29, 1.82) is 0 Å². The number of carboxylic acid groups (broad SMARTS) is 1. The zero-order chi connectivity index (χ0) is 13.2. The molecule has 2 rings (SSSR count). The summed E-state index contributed by atoms with van der Waals surface area (Å²) in [5.41, 5.74) is 0.669. The van der Waals surface area contributed by atoms with Gasteiger partial charge >= 0.3 is 5.97 Å². The summed E-state index contributed by atoms with van der Waals surface area (Å²) >= 11 is 0.